The van der Waals surface area contributed by atoms with Crippen LogP contribution in [-0.4, -0.2) is 46.0 Å². The van der Waals surface area contributed by atoms with Crippen LogP contribution in [0.4, 0.5) is 0 Å². The third-order valence-electron chi connectivity index (χ3n) is 10.2. The molecule has 1 N–H and O–H groups in total. The molecule has 2 aliphatic heterocycles. The normalized spacial score (nSPS) is 16.3. The summed E-state index contributed by atoms with van der Waals surface area (Å²) in [6, 6.07) is 59.6. The van der Waals surface area contributed by atoms with Crippen molar-refractivity contribution in [2.45, 2.75) is 23.9 Å². The summed E-state index contributed by atoms with van der Waals surface area (Å²) in [5.74, 6) is -0.631. The van der Waals surface area contributed by atoms with E-state index in [1.165, 1.54) is 15.9 Å². The first-order chi connectivity index (χ1) is 27.0. The topological polar surface area (TPSA) is 75.7 Å². The largest absolute Gasteiger partial charge is 1.00 e. The van der Waals surface area contributed by atoms with Gasteiger partial charge in [-0.15, -0.1) is 11.8 Å². The minimum absolute atomic E-state index is 0. The first-order valence-electron chi connectivity index (χ1n) is 18.4. The SMILES string of the molecule is O=C(Cc1ccccc1)N[C@@H]1C(=O)N2C(C(=O)OC(c3ccccc3)c3ccccc3)=C(C[P+](c3ccccc3)(c3ccccc3)c3ccccc3)CS[C@H]12.[I-]. The molecule has 9 heteroatoms. The molecule has 0 aliphatic carbocycles. The van der Waals surface area contributed by atoms with Gasteiger partial charge in [0, 0.05) is 11.3 Å². The van der Waals surface area contributed by atoms with E-state index in [9.17, 15) is 9.59 Å². The maximum Gasteiger partial charge on any atom is 0.356 e. The summed E-state index contributed by atoms with van der Waals surface area (Å²) in [5, 5.41) is 6.05. The summed E-state index contributed by atoms with van der Waals surface area (Å²) in [7, 11) is -2.45. The quantitative estimate of drug-likeness (QED) is 0.0864. The van der Waals surface area contributed by atoms with Gasteiger partial charge < -0.3 is 34.0 Å². The van der Waals surface area contributed by atoms with Crippen LogP contribution in [0.3, 0.4) is 0 Å². The fraction of sp³-hybridized carbons (Fsp3) is 0.128. The zero-order valence-corrected chi connectivity index (χ0v) is 34.4. The summed E-state index contributed by atoms with van der Waals surface area (Å²) >= 11 is 1.58. The minimum Gasteiger partial charge on any atom is -1.00 e. The number of β-lactam (4-membered cyclic amide) rings is 1. The number of amides is 2. The Morgan fingerprint density at radius 3 is 1.55 bits per heavy atom. The van der Waals surface area contributed by atoms with Gasteiger partial charge >= 0.3 is 5.97 Å². The molecule has 8 rings (SSSR count). The molecule has 2 heterocycles. The van der Waals surface area contributed by atoms with Crippen molar-refractivity contribution in [3.8, 4) is 0 Å². The Hall–Kier alpha value is -5.02. The highest BCUT2D eigenvalue weighted by Crippen LogP contribution is 2.58. The van der Waals surface area contributed by atoms with Gasteiger partial charge in [0.05, 0.1) is 12.6 Å². The predicted molar refractivity (Wildman–Crippen MR) is 223 cm³/mol. The molecule has 6 aromatic rings. The predicted octanol–water partition coefficient (Wildman–Crippen LogP) is 4.21. The number of hydrogen-bond acceptors (Lipinski definition) is 5. The van der Waals surface area contributed by atoms with Gasteiger partial charge in [0.15, 0.2) is 6.10 Å². The van der Waals surface area contributed by atoms with Gasteiger partial charge in [0.25, 0.3) is 5.91 Å². The smallest absolute Gasteiger partial charge is 0.356 e. The zero-order chi connectivity index (χ0) is 37.6. The summed E-state index contributed by atoms with van der Waals surface area (Å²) in [6.07, 6.45) is -0.0245. The zero-order valence-electron chi connectivity index (χ0n) is 30.5. The van der Waals surface area contributed by atoms with Gasteiger partial charge in [-0.2, -0.15) is 0 Å². The fourth-order valence-electron chi connectivity index (χ4n) is 7.60. The summed E-state index contributed by atoms with van der Waals surface area (Å²) in [4.78, 5) is 44.1. The Balaban J connectivity index is 0.00000480. The average molecular weight is 887 g/mol. The summed E-state index contributed by atoms with van der Waals surface area (Å²) < 4.78 is 6.55. The molecule has 2 amide bonds. The number of nitrogens with one attached hydrogen (secondary N) is 1. The van der Waals surface area contributed by atoms with Crippen molar-refractivity contribution in [1.29, 1.82) is 0 Å². The van der Waals surface area contributed by atoms with Gasteiger partial charge in [-0.25, -0.2) is 4.79 Å². The number of rotatable bonds is 12. The van der Waals surface area contributed by atoms with Crippen molar-refractivity contribution in [3.63, 3.8) is 0 Å². The second kappa shape index (κ2) is 17.8. The molecular weight excluding hydrogens is 846 g/mol. The lowest BCUT2D eigenvalue weighted by Crippen LogP contribution is -3.00. The Kier molecular flexibility index (Phi) is 12.5. The molecule has 6 nitrogen and oxygen atoms in total. The number of nitrogens with zero attached hydrogens (tertiary/aromatic N) is 1. The first-order valence-corrected chi connectivity index (χ1v) is 21.4. The molecule has 2 atom stereocenters. The monoisotopic (exact) mass is 886 g/mol. The third kappa shape index (κ3) is 7.97. The second-order valence-electron chi connectivity index (χ2n) is 13.7. The number of esters is 1. The van der Waals surface area contributed by atoms with Crippen molar-refractivity contribution in [2.24, 2.45) is 0 Å². The highest BCUT2D eigenvalue weighted by Gasteiger charge is 2.56. The Bertz CT molecular complexity index is 2160. The molecule has 6 aromatic carbocycles. The molecule has 280 valence electrons. The minimum atomic E-state index is -2.45. The van der Waals surface area contributed by atoms with Crippen LogP contribution in [0.15, 0.2) is 193 Å². The van der Waals surface area contributed by atoms with Gasteiger partial charge in [0.1, 0.15) is 40.3 Å². The standard InChI is InChI=1S/C47H39N2O4PS.HI/c50-41(31-34-19-7-1-8-20-34)48-42-45(51)49-43(47(52)53-44(35-21-9-2-10-22-35)36-23-11-3-12-24-36)37(33-55-46(42)49)32-54(38-25-13-4-14-26-38,39-27-15-5-16-28-39)40-29-17-6-18-30-40;/h1-30,42,44,46H,31-33H2;1H/t42-,46-;/m1./s1. The molecule has 2 aliphatic rings. The Labute approximate surface area is 349 Å². The Morgan fingerprint density at radius 2 is 1.09 bits per heavy atom. The number of thioether (sulfide) groups is 1. The van der Waals surface area contributed by atoms with E-state index in [2.05, 4.69) is 78.1 Å². The van der Waals surface area contributed by atoms with E-state index in [4.69, 9.17) is 4.74 Å². The molecule has 1 saturated heterocycles. The van der Waals surface area contributed by atoms with E-state index in [1.54, 1.807) is 16.7 Å². The maximum absolute atomic E-state index is 15.0. The van der Waals surface area contributed by atoms with Gasteiger partial charge in [0.2, 0.25) is 5.91 Å². The van der Waals surface area contributed by atoms with E-state index in [1.807, 2.05) is 109 Å². The highest BCUT2D eigenvalue weighted by molar-refractivity contribution is 8.00. The molecule has 56 heavy (non-hydrogen) atoms. The maximum atomic E-state index is 15.0. The van der Waals surface area contributed by atoms with Crippen LogP contribution < -0.4 is 45.2 Å². The third-order valence-corrected chi connectivity index (χ3v) is 15.9. The van der Waals surface area contributed by atoms with E-state index >= 15 is 4.79 Å². The van der Waals surface area contributed by atoms with Crippen LogP contribution in [0.5, 0.6) is 0 Å². The second-order valence-corrected chi connectivity index (χ2v) is 18.2. The summed E-state index contributed by atoms with van der Waals surface area (Å²) in [5.41, 5.74) is 3.63. The van der Waals surface area contributed by atoms with Crippen molar-refractivity contribution in [2.75, 3.05) is 11.9 Å². The molecule has 0 radical (unpaired) electrons. The van der Waals surface area contributed by atoms with Crippen LogP contribution in [0.1, 0.15) is 22.8 Å². The van der Waals surface area contributed by atoms with Crippen molar-refractivity contribution in [1.82, 2.24) is 10.2 Å². The van der Waals surface area contributed by atoms with Crippen LogP contribution in [0.2, 0.25) is 0 Å². The fourth-order valence-corrected chi connectivity index (χ4v) is 13.4. The van der Waals surface area contributed by atoms with E-state index < -0.39 is 30.8 Å². The number of hydrogen-bond donors (Lipinski definition) is 1. The molecule has 0 saturated carbocycles. The van der Waals surface area contributed by atoms with Crippen molar-refractivity contribution < 1.29 is 43.1 Å². The number of carbonyl (C=O) groups is 3. The lowest BCUT2D eigenvalue weighted by molar-refractivity contribution is -0.154. The number of halogens is 1. The molecule has 1 fully saturated rings. The van der Waals surface area contributed by atoms with E-state index in [-0.39, 0.29) is 47.9 Å². The van der Waals surface area contributed by atoms with Gasteiger partial charge in [-0.3, -0.25) is 14.5 Å². The van der Waals surface area contributed by atoms with Gasteiger partial charge in [-0.1, -0.05) is 146 Å². The molecule has 0 spiro atoms. The Morgan fingerprint density at radius 1 is 0.661 bits per heavy atom. The lowest BCUT2D eigenvalue weighted by Gasteiger charge is -2.50. The average Bonchev–Trinajstić information content (AvgIpc) is 3.25. The van der Waals surface area contributed by atoms with E-state index in [0.29, 0.717) is 11.9 Å². The van der Waals surface area contributed by atoms with Crippen molar-refractivity contribution >= 4 is 52.7 Å². The lowest BCUT2D eigenvalue weighted by atomic mass is 10.0. The molecule has 0 unspecified atom stereocenters. The van der Waals surface area contributed by atoms with E-state index in [0.717, 1.165) is 22.3 Å². The highest BCUT2D eigenvalue weighted by atomic mass is 127. The summed E-state index contributed by atoms with van der Waals surface area (Å²) in [6.45, 7) is 0. The van der Waals surface area contributed by atoms with Crippen LogP contribution >= 0.6 is 19.0 Å². The van der Waals surface area contributed by atoms with Crippen LogP contribution in [-0.2, 0) is 25.5 Å². The first kappa shape index (κ1) is 39.2. The van der Waals surface area contributed by atoms with Gasteiger partial charge in [-0.05, 0) is 53.1 Å². The number of fused-ring (bicyclic) bond motifs is 1. The number of benzene rings is 6. The van der Waals surface area contributed by atoms with Crippen LogP contribution in [0.25, 0.3) is 0 Å². The van der Waals surface area contributed by atoms with Crippen molar-refractivity contribution in [3.05, 3.63) is 210 Å². The molecular formula is C47H40IN2O4PS. The molecule has 0 aromatic heterocycles. The number of carbonyl (C=O) groups excluding carboxylic acids is 3. The van der Waals surface area contributed by atoms with Crippen LogP contribution in [0, 0.1) is 0 Å². The number of ether oxygens (including phenoxy) is 1. The molecule has 0 bridgehead atoms.